The van der Waals surface area contributed by atoms with E-state index in [9.17, 15) is 9.18 Å². The molecule has 2 rings (SSSR count). The Balaban J connectivity index is 0.00000180. The minimum atomic E-state index is -0.367. The highest BCUT2D eigenvalue weighted by molar-refractivity contribution is 5.91. The monoisotopic (exact) mass is 286 g/mol. The SMILES string of the molecule is Cc1ccc(NC(=O)CC2CCNCC2)c(F)c1.Cl. The average molecular weight is 287 g/mol. The second-order valence-corrected chi connectivity index (χ2v) is 4.93. The molecule has 1 heterocycles. The van der Waals surface area contributed by atoms with E-state index >= 15 is 0 Å². The Morgan fingerprint density at radius 2 is 2.11 bits per heavy atom. The molecule has 0 aliphatic carbocycles. The Labute approximate surface area is 119 Å². The van der Waals surface area contributed by atoms with Crippen molar-refractivity contribution in [2.24, 2.45) is 5.92 Å². The molecule has 0 spiro atoms. The van der Waals surface area contributed by atoms with Crippen LogP contribution in [0.3, 0.4) is 0 Å². The number of hydrogen-bond acceptors (Lipinski definition) is 2. The largest absolute Gasteiger partial charge is 0.324 e. The first-order valence-corrected chi connectivity index (χ1v) is 6.42. The van der Waals surface area contributed by atoms with Crippen molar-refractivity contribution in [1.82, 2.24) is 5.32 Å². The maximum Gasteiger partial charge on any atom is 0.224 e. The molecular formula is C14H20ClFN2O. The van der Waals surface area contributed by atoms with Gasteiger partial charge in [-0.2, -0.15) is 0 Å². The van der Waals surface area contributed by atoms with Gasteiger partial charge in [0.15, 0.2) is 0 Å². The number of benzene rings is 1. The Bertz CT molecular complexity index is 433. The van der Waals surface area contributed by atoms with Crippen molar-refractivity contribution >= 4 is 24.0 Å². The topological polar surface area (TPSA) is 41.1 Å². The van der Waals surface area contributed by atoms with Gasteiger partial charge in [-0.05, 0) is 56.5 Å². The molecule has 1 aliphatic rings. The van der Waals surface area contributed by atoms with E-state index in [1.54, 1.807) is 12.1 Å². The highest BCUT2D eigenvalue weighted by Crippen LogP contribution is 2.19. The van der Waals surface area contributed by atoms with E-state index in [2.05, 4.69) is 10.6 Å². The third-order valence-electron chi connectivity index (χ3n) is 3.33. The van der Waals surface area contributed by atoms with Crippen LogP contribution in [0.5, 0.6) is 0 Å². The fraction of sp³-hybridized carbons (Fsp3) is 0.500. The van der Waals surface area contributed by atoms with E-state index in [-0.39, 0.29) is 29.8 Å². The summed E-state index contributed by atoms with van der Waals surface area (Å²) in [5, 5.41) is 5.91. The maximum absolute atomic E-state index is 13.6. The summed E-state index contributed by atoms with van der Waals surface area (Å²) in [6.07, 6.45) is 2.52. The number of amides is 1. The highest BCUT2D eigenvalue weighted by atomic mass is 35.5. The summed E-state index contributed by atoms with van der Waals surface area (Å²) in [4.78, 5) is 11.8. The summed E-state index contributed by atoms with van der Waals surface area (Å²) in [5.74, 6) is -0.0435. The fourth-order valence-electron chi connectivity index (χ4n) is 2.27. The van der Waals surface area contributed by atoms with Gasteiger partial charge >= 0.3 is 0 Å². The molecule has 1 saturated heterocycles. The lowest BCUT2D eigenvalue weighted by Gasteiger charge is -2.21. The molecular weight excluding hydrogens is 267 g/mol. The van der Waals surface area contributed by atoms with Gasteiger partial charge in [-0.1, -0.05) is 6.07 Å². The fourth-order valence-corrected chi connectivity index (χ4v) is 2.27. The third kappa shape index (κ3) is 4.80. The van der Waals surface area contributed by atoms with Crippen molar-refractivity contribution in [2.75, 3.05) is 18.4 Å². The van der Waals surface area contributed by atoms with Crippen LogP contribution in [0.1, 0.15) is 24.8 Å². The molecule has 5 heteroatoms. The average Bonchev–Trinajstić information content (AvgIpc) is 2.34. The van der Waals surface area contributed by atoms with Crippen LogP contribution in [0, 0.1) is 18.7 Å². The molecule has 106 valence electrons. The number of rotatable bonds is 3. The summed E-state index contributed by atoms with van der Waals surface area (Å²) < 4.78 is 13.6. The van der Waals surface area contributed by atoms with Gasteiger partial charge in [0.05, 0.1) is 5.69 Å². The van der Waals surface area contributed by atoms with E-state index in [4.69, 9.17) is 0 Å². The second-order valence-electron chi connectivity index (χ2n) is 4.93. The zero-order valence-electron chi connectivity index (χ0n) is 11.0. The van der Waals surface area contributed by atoms with Gasteiger partial charge in [0.25, 0.3) is 0 Å². The van der Waals surface area contributed by atoms with Crippen LogP contribution in [-0.2, 0) is 4.79 Å². The van der Waals surface area contributed by atoms with E-state index in [0.29, 0.717) is 12.3 Å². The zero-order chi connectivity index (χ0) is 13.0. The van der Waals surface area contributed by atoms with E-state index < -0.39 is 0 Å². The minimum Gasteiger partial charge on any atom is -0.324 e. The Hall–Kier alpha value is -1.13. The number of nitrogens with one attached hydrogen (secondary N) is 2. The quantitative estimate of drug-likeness (QED) is 0.897. The number of carbonyl (C=O) groups is 1. The summed E-state index contributed by atoms with van der Waals surface area (Å²) in [6, 6.07) is 4.84. The van der Waals surface area contributed by atoms with E-state index in [1.165, 1.54) is 6.07 Å². The van der Waals surface area contributed by atoms with Crippen LogP contribution in [0.15, 0.2) is 18.2 Å². The zero-order valence-corrected chi connectivity index (χ0v) is 11.9. The van der Waals surface area contributed by atoms with Gasteiger partial charge in [0.2, 0.25) is 5.91 Å². The van der Waals surface area contributed by atoms with Crippen LogP contribution in [0.2, 0.25) is 0 Å². The van der Waals surface area contributed by atoms with Crippen molar-refractivity contribution in [1.29, 1.82) is 0 Å². The third-order valence-corrected chi connectivity index (χ3v) is 3.33. The summed E-state index contributed by atoms with van der Waals surface area (Å²) in [7, 11) is 0. The van der Waals surface area contributed by atoms with Gasteiger partial charge in [-0.15, -0.1) is 12.4 Å². The molecule has 3 nitrogen and oxygen atoms in total. The molecule has 0 saturated carbocycles. The summed E-state index contributed by atoms with van der Waals surface area (Å²) in [6.45, 7) is 3.76. The van der Waals surface area contributed by atoms with Crippen LogP contribution < -0.4 is 10.6 Å². The number of hydrogen-bond donors (Lipinski definition) is 2. The van der Waals surface area contributed by atoms with Gasteiger partial charge in [-0.25, -0.2) is 4.39 Å². The van der Waals surface area contributed by atoms with E-state index in [0.717, 1.165) is 31.5 Å². The predicted octanol–water partition coefficient (Wildman–Crippen LogP) is 2.88. The molecule has 1 amide bonds. The molecule has 0 atom stereocenters. The van der Waals surface area contributed by atoms with Crippen molar-refractivity contribution in [3.8, 4) is 0 Å². The lowest BCUT2D eigenvalue weighted by molar-refractivity contribution is -0.117. The molecule has 2 N–H and O–H groups in total. The van der Waals surface area contributed by atoms with Crippen LogP contribution >= 0.6 is 12.4 Å². The molecule has 1 aromatic rings. The van der Waals surface area contributed by atoms with Gasteiger partial charge in [0, 0.05) is 6.42 Å². The second kappa shape index (κ2) is 7.46. The normalized spacial score (nSPS) is 15.7. The number of halogens is 2. The summed E-state index contributed by atoms with van der Waals surface area (Å²) >= 11 is 0. The lowest BCUT2D eigenvalue weighted by atomic mass is 9.94. The van der Waals surface area contributed by atoms with Crippen molar-refractivity contribution < 1.29 is 9.18 Å². The van der Waals surface area contributed by atoms with Gasteiger partial charge < -0.3 is 10.6 Å². The molecule has 19 heavy (non-hydrogen) atoms. The van der Waals surface area contributed by atoms with Crippen LogP contribution in [-0.4, -0.2) is 19.0 Å². The Kier molecular flexibility index (Phi) is 6.25. The minimum absolute atomic E-state index is 0. The smallest absolute Gasteiger partial charge is 0.224 e. The predicted molar refractivity (Wildman–Crippen MR) is 77.2 cm³/mol. The maximum atomic E-state index is 13.6. The Morgan fingerprint density at radius 1 is 1.42 bits per heavy atom. The van der Waals surface area contributed by atoms with E-state index in [1.807, 2.05) is 6.92 Å². The number of aryl methyl sites for hydroxylation is 1. The standard InChI is InChI=1S/C14H19FN2O.ClH/c1-10-2-3-13(12(15)8-10)17-14(18)9-11-4-6-16-7-5-11;/h2-3,8,11,16H,4-7,9H2,1H3,(H,17,18);1H. The van der Waals surface area contributed by atoms with Crippen LogP contribution in [0.4, 0.5) is 10.1 Å². The van der Waals surface area contributed by atoms with Crippen molar-refractivity contribution in [3.05, 3.63) is 29.6 Å². The summed E-state index contributed by atoms with van der Waals surface area (Å²) in [5.41, 5.74) is 1.13. The first-order valence-electron chi connectivity index (χ1n) is 6.42. The number of anilines is 1. The van der Waals surface area contributed by atoms with Gasteiger partial charge in [0.1, 0.15) is 5.82 Å². The number of carbonyl (C=O) groups excluding carboxylic acids is 1. The molecule has 0 unspecified atom stereocenters. The first kappa shape index (κ1) is 15.9. The van der Waals surface area contributed by atoms with Crippen molar-refractivity contribution in [3.63, 3.8) is 0 Å². The molecule has 1 fully saturated rings. The lowest BCUT2D eigenvalue weighted by Crippen LogP contribution is -2.30. The Morgan fingerprint density at radius 3 is 2.74 bits per heavy atom. The molecule has 0 aromatic heterocycles. The molecule has 1 aromatic carbocycles. The van der Waals surface area contributed by atoms with Crippen molar-refractivity contribution in [2.45, 2.75) is 26.2 Å². The van der Waals surface area contributed by atoms with Gasteiger partial charge in [-0.3, -0.25) is 4.79 Å². The highest BCUT2D eigenvalue weighted by Gasteiger charge is 2.17. The number of piperidine rings is 1. The molecule has 1 aliphatic heterocycles. The first-order chi connectivity index (χ1) is 8.65. The molecule has 0 radical (unpaired) electrons. The van der Waals surface area contributed by atoms with Crippen LogP contribution in [0.25, 0.3) is 0 Å². The molecule has 0 bridgehead atoms.